The molecule has 3 nitrogen and oxygen atoms in total. The quantitative estimate of drug-likeness (QED) is 0.879. The van der Waals surface area contributed by atoms with Crippen LogP contribution in [0.2, 0.25) is 0 Å². The lowest BCUT2D eigenvalue weighted by atomic mass is 10.2. The number of carboxylic acid groups (broad SMARTS) is 1. The third kappa shape index (κ3) is 3.13. The lowest BCUT2D eigenvalue weighted by Gasteiger charge is -2.10. The SMILES string of the molecule is O=C(O)c1cc(F)c(OCc2cccc(F)c2F)c(F)c1. The number of rotatable bonds is 4. The van der Waals surface area contributed by atoms with Gasteiger partial charge in [-0.05, 0) is 18.2 Å². The molecule has 110 valence electrons. The van der Waals surface area contributed by atoms with E-state index in [1.165, 1.54) is 12.1 Å². The Hall–Kier alpha value is -2.57. The average Bonchev–Trinajstić information content (AvgIpc) is 2.42. The Bertz CT molecular complexity index is 678. The van der Waals surface area contributed by atoms with Gasteiger partial charge in [-0.3, -0.25) is 0 Å². The summed E-state index contributed by atoms with van der Waals surface area (Å²) in [7, 11) is 0. The Labute approximate surface area is 116 Å². The van der Waals surface area contributed by atoms with Crippen LogP contribution in [-0.4, -0.2) is 11.1 Å². The smallest absolute Gasteiger partial charge is 0.335 e. The molecule has 0 atom stereocenters. The van der Waals surface area contributed by atoms with Gasteiger partial charge in [-0.15, -0.1) is 0 Å². The zero-order valence-electron chi connectivity index (χ0n) is 10.4. The largest absolute Gasteiger partial charge is 0.483 e. The minimum atomic E-state index is -1.50. The van der Waals surface area contributed by atoms with Crippen LogP contribution in [0.3, 0.4) is 0 Å². The average molecular weight is 300 g/mol. The first-order valence-electron chi connectivity index (χ1n) is 5.68. The molecule has 0 radical (unpaired) electrons. The number of halogens is 4. The monoisotopic (exact) mass is 300 g/mol. The van der Waals surface area contributed by atoms with Crippen LogP contribution in [0.15, 0.2) is 30.3 Å². The highest BCUT2D eigenvalue weighted by Gasteiger charge is 2.17. The van der Waals surface area contributed by atoms with E-state index < -0.39 is 47.2 Å². The molecule has 0 bridgehead atoms. The third-order valence-corrected chi connectivity index (χ3v) is 2.65. The first-order valence-corrected chi connectivity index (χ1v) is 5.68. The van der Waals surface area contributed by atoms with E-state index in [4.69, 9.17) is 9.84 Å². The van der Waals surface area contributed by atoms with Crippen LogP contribution in [0.5, 0.6) is 5.75 Å². The summed E-state index contributed by atoms with van der Waals surface area (Å²) in [6.45, 7) is -0.607. The van der Waals surface area contributed by atoms with Gasteiger partial charge in [0.25, 0.3) is 0 Å². The molecule has 0 aliphatic carbocycles. The van der Waals surface area contributed by atoms with Crippen LogP contribution in [0.4, 0.5) is 17.6 Å². The lowest BCUT2D eigenvalue weighted by Crippen LogP contribution is -2.05. The number of ether oxygens (including phenoxy) is 1. The molecule has 1 N–H and O–H groups in total. The number of hydrogen-bond donors (Lipinski definition) is 1. The molecular weight excluding hydrogens is 292 g/mol. The van der Waals surface area contributed by atoms with Gasteiger partial charge in [-0.1, -0.05) is 12.1 Å². The van der Waals surface area contributed by atoms with Gasteiger partial charge in [0.15, 0.2) is 29.0 Å². The number of carbonyl (C=O) groups is 1. The normalized spacial score (nSPS) is 10.5. The minimum Gasteiger partial charge on any atom is -0.483 e. The molecule has 0 unspecified atom stereocenters. The molecule has 0 fully saturated rings. The molecule has 0 spiro atoms. The number of carboxylic acids is 1. The van der Waals surface area contributed by atoms with Crippen molar-refractivity contribution in [3.63, 3.8) is 0 Å². The predicted octanol–water partition coefficient (Wildman–Crippen LogP) is 3.52. The van der Waals surface area contributed by atoms with E-state index in [0.717, 1.165) is 6.07 Å². The predicted molar refractivity (Wildman–Crippen MR) is 64.0 cm³/mol. The van der Waals surface area contributed by atoms with Gasteiger partial charge in [0, 0.05) is 5.56 Å². The van der Waals surface area contributed by atoms with E-state index in [1.807, 2.05) is 0 Å². The Kier molecular flexibility index (Phi) is 4.11. The van der Waals surface area contributed by atoms with Crippen LogP contribution < -0.4 is 4.74 Å². The molecule has 0 heterocycles. The summed E-state index contributed by atoms with van der Waals surface area (Å²) in [5.74, 6) is -7.15. The van der Waals surface area contributed by atoms with Crippen LogP contribution in [0, 0.1) is 23.3 Å². The summed E-state index contributed by atoms with van der Waals surface area (Å²) >= 11 is 0. The van der Waals surface area contributed by atoms with E-state index in [9.17, 15) is 22.4 Å². The molecular formula is C14H8F4O3. The molecule has 0 saturated heterocycles. The highest BCUT2D eigenvalue weighted by molar-refractivity contribution is 5.87. The molecule has 0 aliphatic rings. The molecule has 0 aliphatic heterocycles. The standard InChI is InChI=1S/C14H8F4O3/c15-9-3-1-2-7(12(9)18)6-21-13-10(16)4-8(14(19)20)5-11(13)17/h1-5H,6H2,(H,19,20). The molecule has 2 aromatic rings. The van der Waals surface area contributed by atoms with Crippen molar-refractivity contribution in [3.8, 4) is 5.75 Å². The van der Waals surface area contributed by atoms with Crippen LogP contribution in [-0.2, 0) is 6.61 Å². The van der Waals surface area contributed by atoms with E-state index in [-0.39, 0.29) is 5.56 Å². The van der Waals surface area contributed by atoms with Gasteiger partial charge in [0.05, 0.1) is 5.56 Å². The first kappa shape index (κ1) is 14.8. The third-order valence-electron chi connectivity index (χ3n) is 2.65. The minimum absolute atomic E-state index is 0.226. The van der Waals surface area contributed by atoms with E-state index in [1.54, 1.807) is 0 Å². The van der Waals surface area contributed by atoms with Crippen LogP contribution in [0.25, 0.3) is 0 Å². The van der Waals surface area contributed by atoms with Crippen molar-refractivity contribution in [2.75, 3.05) is 0 Å². The number of aromatic carboxylic acids is 1. The van der Waals surface area contributed by atoms with Crippen molar-refractivity contribution in [3.05, 3.63) is 64.7 Å². The summed E-state index contributed by atoms with van der Waals surface area (Å²) in [5.41, 5.74) is -0.814. The second-order valence-electron chi connectivity index (χ2n) is 4.08. The summed E-state index contributed by atoms with van der Waals surface area (Å²) < 4.78 is 58.2. The zero-order valence-corrected chi connectivity index (χ0v) is 10.4. The summed E-state index contributed by atoms with van der Waals surface area (Å²) in [6.07, 6.45) is 0. The molecule has 7 heteroatoms. The van der Waals surface area contributed by atoms with Gasteiger partial charge >= 0.3 is 5.97 Å². The van der Waals surface area contributed by atoms with Crippen molar-refractivity contribution >= 4 is 5.97 Å². The van der Waals surface area contributed by atoms with Crippen LogP contribution in [0.1, 0.15) is 15.9 Å². The summed E-state index contributed by atoms with van der Waals surface area (Å²) in [4.78, 5) is 10.6. The second kappa shape index (κ2) is 5.82. The lowest BCUT2D eigenvalue weighted by molar-refractivity contribution is 0.0695. The number of hydrogen-bond acceptors (Lipinski definition) is 2. The molecule has 2 rings (SSSR count). The maximum absolute atomic E-state index is 13.6. The van der Waals surface area contributed by atoms with Gasteiger partial charge in [-0.2, -0.15) is 0 Å². The van der Waals surface area contributed by atoms with Crippen LogP contribution >= 0.6 is 0 Å². The second-order valence-corrected chi connectivity index (χ2v) is 4.08. The fourth-order valence-electron chi connectivity index (χ4n) is 1.63. The van der Waals surface area contributed by atoms with E-state index in [2.05, 4.69) is 0 Å². The van der Waals surface area contributed by atoms with Crippen molar-refractivity contribution < 1.29 is 32.2 Å². The summed E-state index contributed by atoms with van der Waals surface area (Å²) in [5, 5.41) is 8.63. The maximum Gasteiger partial charge on any atom is 0.335 e. The highest BCUT2D eigenvalue weighted by atomic mass is 19.2. The molecule has 0 amide bonds. The zero-order chi connectivity index (χ0) is 15.6. The fraction of sp³-hybridized carbons (Fsp3) is 0.0714. The van der Waals surface area contributed by atoms with Gasteiger partial charge < -0.3 is 9.84 Å². The molecule has 21 heavy (non-hydrogen) atoms. The Balaban J connectivity index is 2.24. The Morgan fingerprint density at radius 3 is 2.24 bits per heavy atom. The molecule has 0 saturated carbocycles. The fourth-order valence-corrected chi connectivity index (χ4v) is 1.63. The first-order chi connectivity index (χ1) is 9.90. The Morgan fingerprint density at radius 2 is 1.67 bits per heavy atom. The number of benzene rings is 2. The van der Waals surface area contributed by atoms with Gasteiger partial charge in [0.2, 0.25) is 0 Å². The topological polar surface area (TPSA) is 46.5 Å². The van der Waals surface area contributed by atoms with Gasteiger partial charge in [0.1, 0.15) is 6.61 Å². The molecule has 0 aromatic heterocycles. The van der Waals surface area contributed by atoms with Crippen molar-refractivity contribution in [1.82, 2.24) is 0 Å². The van der Waals surface area contributed by atoms with Crippen molar-refractivity contribution in [2.24, 2.45) is 0 Å². The van der Waals surface area contributed by atoms with E-state index in [0.29, 0.717) is 12.1 Å². The van der Waals surface area contributed by atoms with Crippen molar-refractivity contribution in [1.29, 1.82) is 0 Å². The maximum atomic E-state index is 13.6. The van der Waals surface area contributed by atoms with E-state index >= 15 is 0 Å². The Morgan fingerprint density at radius 1 is 1.05 bits per heavy atom. The summed E-state index contributed by atoms with van der Waals surface area (Å²) in [6, 6.07) is 4.45. The van der Waals surface area contributed by atoms with Gasteiger partial charge in [-0.25, -0.2) is 22.4 Å². The highest BCUT2D eigenvalue weighted by Crippen LogP contribution is 2.25. The molecule has 2 aromatic carbocycles. The van der Waals surface area contributed by atoms with Crippen molar-refractivity contribution in [2.45, 2.75) is 6.61 Å².